The van der Waals surface area contributed by atoms with Gasteiger partial charge in [0.05, 0.1) is 0 Å². The van der Waals surface area contributed by atoms with Crippen molar-refractivity contribution in [2.45, 2.75) is 69.2 Å². The van der Waals surface area contributed by atoms with Gasteiger partial charge in [0.1, 0.15) is 0 Å². The van der Waals surface area contributed by atoms with Crippen LogP contribution in [0.3, 0.4) is 0 Å². The zero-order valence-corrected chi connectivity index (χ0v) is 12.7. The first-order valence-electron chi connectivity index (χ1n) is 6.32. The summed E-state index contributed by atoms with van der Waals surface area (Å²) in [5.41, 5.74) is 1.15. The molecule has 0 aliphatic heterocycles. The van der Waals surface area contributed by atoms with Crippen LogP contribution in [0.2, 0.25) is 0 Å². The molecule has 0 aromatic heterocycles. The number of hydrogen-bond donors (Lipinski definition) is 0. The quantitative estimate of drug-likeness (QED) is 0.576. The second-order valence-corrected chi connectivity index (χ2v) is 7.92. The van der Waals surface area contributed by atoms with E-state index in [-0.39, 0.29) is 0 Å². The molecule has 0 bridgehead atoms. The first-order chi connectivity index (χ1) is 6.32. The van der Waals surface area contributed by atoms with Crippen molar-refractivity contribution in [3.63, 3.8) is 0 Å². The second-order valence-electron chi connectivity index (χ2n) is 7.92. The van der Waals surface area contributed by atoms with E-state index in [1.165, 1.54) is 0 Å². The monoisotopic (exact) mass is 212 g/mol. The lowest BCUT2D eigenvalue weighted by atomic mass is 9.56. The molecule has 0 heterocycles. The van der Waals surface area contributed by atoms with Crippen LogP contribution in [0.15, 0.2) is 0 Å². The zero-order chi connectivity index (χ0) is 12.7. The van der Waals surface area contributed by atoms with Crippen molar-refractivity contribution >= 4 is 0 Å². The molecule has 0 radical (unpaired) electrons. The maximum atomic E-state index is 2.42. The molecule has 15 heavy (non-hydrogen) atoms. The first-order valence-corrected chi connectivity index (χ1v) is 6.32. The van der Waals surface area contributed by atoms with E-state index >= 15 is 0 Å². The number of rotatable bonds is 2. The van der Waals surface area contributed by atoms with Gasteiger partial charge in [0.25, 0.3) is 0 Å². The third kappa shape index (κ3) is 3.23. The minimum absolute atomic E-state index is 0.367. The van der Waals surface area contributed by atoms with Crippen LogP contribution in [0, 0.1) is 28.1 Å². The Balaban J connectivity index is 4.94. The fourth-order valence-electron chi connectivity index (χ4n) is 2.06. The third-order valence-corrected chi connectivity index (χ3v) is 5.19. The van der Waals surface area contributed by atoms with Gasteiger partial charge in [0, 0.05) is 0 Å². The summed E-state index contributed by atoms with van der Waals surface area (Å²) in [7, 11) is 0. The van der Waals surface area contributed by atoms with Gasteiger partial charge in [-0.25, -0.2) is 0 Å². The highest BCUT2D eigenvalue weighted by atomic mass is 14.5. The Kier molecular flexibility index (Phi) is 4.11. The molecule has 0 fully saturated rings. The molecular formula is C15H32. The Hall–Kier alpha value is 0. The lowest BCUT2D eigenvalue weighted by molar-refractivity contribution is 0.00187. The van der Waals surface area contributed by atoms with Crippen molar-refractivity contribution in [1.82, 2.24) is 0 Å². The summed E-state index contributed by atoms with van der Waals surface area (Å²) in [4.78, 5) is 0. The SMILES string of the molecule is CC(C(C)C(C)(C)C(C)(C)C)C(C)(C)C. The highest BCUT2D eigenvalue weighted by Gasteiger charge is 2.42. The maximum Gasteiger partial charge on any atom is -0.0277 e. The van der Waals surface area contributed by atoms with Crippen molar-refractivity contribution in [2.75, 3.05) is 0 Å². The molecule has 0 spiro atoms. The maximum absolute atomic E-state index is 2.42. The molecule has 0 heteroatoms. The van der Waals surface area contributed by atoms with Gasteiger partial charge in [-0.15, -0.1) is 0 Å². The summed E-state index contributed by atoms with van der Waals surface area (Å²) in [6.45, 7) is 23.8. The first kappa shape index (κ1) is 15.0. The molecule has 0 nitrogen and oxygen atoms in total. The summed E-state index contributed by atoms with van der Waals surface area (Å²) in [5.74, 6) is 1.48. The Morgan fingerprint density at radius 1 is 0.600 bits per heavy atom. The van der Waals surface area contributed by atoms with Gasteiger partial charge in [0.15, 0.2) is 0 Å². The average molecular weight is 212 g/mol. The van der Waals surface area contributed by atoms with Crippen molar-refractivity contribution in [3.8, 4) is 0 Å². The lowest BCUT2D eigenvalue weighted by Crippen LogP contribution is -2.41. The van der Waals surface area contributed by atoms with Crippen LogP contribution in [0.5, 0.6) is 0 Å². The topological polar surface area (TPSA) is 0 Å². The Bertz CT molecular complexity index is 197. The minimum Gasteiger partial charge on any atom is -0.0617 e. The molecule has 0 saturated carbocycles. The lowest BCUT2D eigenvalue weighted by Gasteiger charge is -2.49. The molecule has 2 unspecified atom stereocenters. The molecule has 0 aliphatic rings. The predicted molar refractivity (Wildman–Crippen MR) is 71.0 cm³/mol. The normalized spacial score (nSPS) is 18.8. The van der Waals surface area contributed by atoms with E-state index in [9.17, 15) is 0 Å². The van der Waals surface area contributed by atoms with Gasteiger partial charge in [-0.1, -0.05) is 69.2 Å². The fraction of sp³-hybridized carbons (Fsp3) is 1.00. The second kappa shape index (κ2) is 4.11. The highest BCUT2D eigenvalue weighted by molar-refractivity contribution is 4.91. The molecule has 0 aliphatic carbocycles. The number of hydrogen-bond acceptors (Lipinski definition) is 0. The van der Waals surface area contributed by atoms with Gasteiger partial charge < -0.3 is 0 Å². The molecule has 92 valence electrons. The third-order valence-electron chi connectivity index (χ3n) is 5.19. The van der Waals surface area contributed by atoms with Crippen LogP contribution < -0.4 is 0 Å². The molecule has 0 N–H and O–H groups in total. The van der Waals surface area contributed by atoms with Crippen LogP contribution in [0.25, 0.3) is 0 Å². The molecule has 0 aromatic rings. The Labute approximate surface area is 97.8 Å². The average Bonchev–Trinajstić information content (AvgIpc) is 1.97. The van der Waals surface area contributed by atoms with E-state index in [0.29, 0.717) is 16.2 Å². The van der Waals surface area contributed by atoms with Gasteiger partial charge in [-0.05, 0) is 28.1 Å². The largest absolute Gasteiger partial charge is 0.0617 e. The van der Waals surface area contributed by atoms with Crippen molar-refractivity contribution in [3.05, 3.63) is 0 Å². The zero-order valence-electron chi connectivity index (χ0n) is 12.7. The minimum atomic E-state index is 0.367. The predicted octanol–water partition coefficient (Wildman–Crippen LogP) is 5.38. The van der Waals surface area contributed by atoms with Crippen LogP contribution in [-0.4, -0.2) is 0 Å². The van der Waals surface area contributed by atoms with Crippen LogP contribution >= 0.6 is 0 Å². The van der Waals surface area contributed by atoms with E-state index in [0.717, 1.165) is 11.8 Å². The Morgan fingerprint density at radius 2 is 0.933 bits per heavy atom. The Morgan fingerprint density at radius 3 is 1.13 bits per heavy atom. The van der Waals surface area contributed by atoms with E-state index in [2.05, 4.69) is 69.2 Å². The van der Waals surface area contributed by atoms with E-state index < -0.39 is 0 Å². The summed E-state index contributed by atoms with van der Waals surface area (Å²) < 4.78 is 0. The standard InChI is InChI=1S/C15H32/c1-11(13(3,4)5)12(2)15(9,10)14(6,7)8/h11-12H,1-10H3. The summed E-state index contributed by atoms with van der Waals surface area (Å²) in [6.07, 6.45) is 0. The van der Waals surface area contributed by atoms with E-state index in [4.69, 9.17) is 0 Å². The summed E-state index contributed by atoms with van der Waals surface area (Å²) in [5, 5.41) is 0. The molecular weight excluding hydrogens is 180 g/mol. The molecule has 2 atom stereocenters. The van der Waals surface area contributed by atoms with Gasteiger partial charge in [-0.2, -0.15) is 0 Å². The van der Waals surface area contributed by atoms with Crippen molar-refractivity contribution in [2.24, 2.45) is 28.1 Å². The van der Waals surface area contributed by atoms with Gasteiger partial charge in [0.2, 0.25) is 0 Å². The summed E-state index contributed by atoms with van der Waals surface area (Å²) >= 11 is 0. The van der Waals surface area contributed by atoms with E-state index in [1.54, 1.807) is 0 Å². The van der Waals surface area contributed by atoms with Crippen LogP contribution in [0.1, 0.15) is 69.2 Å². The molecule has 0 aromatic carbocycles. The van der Waals surface area contributed by atoms with Crippen LogP contribution in [-0.2, 0) is 0 Å². The highest BCUT2D eigenvalue weighted by Crippen LogP contribution is 2.49. The van der Waals surface area contributed by atoms with Crippen molar-refractivity contribution < 1.29 is 0 Å². The van der Waals surface area contributed by atoms with E-state index in [1.807, 2.05) is 0 Å². The molecule has 0 saturated heterocycles. The fourth-order valence-corrected chi connectivity index (χ4v) is 2.06. The molecule has 0 amide bonds. The summed E-state index contributed by atoms with van der Waals surface area (Å²) in [6, 6.07) is 0. The smallest absolute Gasteiger partial charge is 0.0277 e. The van der Waals surface area contributed by atoms with Gasteiger partial charge >= 0.3 is 0 Å². The van der Waals surface area contributed by atoms with Crippen molar-refractivity contribution in [1.29, 1.82) is 0 Å². The van der Waals surface area contributed by atoms with Gasteiger partial charge in [-0.3, -0.25) is 0 Å². The van der Waals surface area contributed by atoms with Crippen LogP contribution in [0.4, 0.5) is 0 Å². The molecule has 0 rings (SSSR count).